The number of benzene rings is 1. The lowest BCUT2D eigenvalue weighted by Gasteiger charge is -2.12. The third kappa shape index (κ3) is 5.17. The zero-order valence-corrected chi connectivity index (χ0v) is 17.7. The molecule has 30 heavy (non-hydrogen) atoms. The highest BCUT2D eigenvalue weighted by Crippen LogP contribution is 2.28. The first-order valence-corrected chi connectivity index (χ1v) is 10.7. The van der Waals surface area contributed by atoms with Gasteiger partial charge >= 0.3 is 0 Å². The Kier molecular flexibility index (Phi) is 7.44. The van der Waals surface area contributed by atoms with Crippen LogP contribution < -0.4 is 10.2 Å². The molecule has 11 heteroatoms. The van der Waals surface area contributed by atoms with Crippen molar-refractivity contribution >= 4 is 56.2 Å². The van der Waals surface area contributed by atoms with E-state index in [1.165, 1.54) is 21.4 Å². The first kappa shape index (κ1) is 21.8. The number of methoxy groups -OCH3 is 1. The highest BCUT2D eigenvalue weighted by molar-refractivity contribution is 7.17. The van der Waals surface area contributed by atoms with E-state index in [9.17, 15) is 9.59 Å². The molecular weight excluding hydrogens is 428 g/mol. The summed E-state index contributed by atoms with van der Waals surface area (Å²) in [4.78, 5) is 34.7. The summed E-state index contributed by atoms with van der Waals surface area (Å²) in [6.45, 7) is 0.889. The standard InChI is InChI=1S/C18H18N4O3S2.CH2O2/c1-25-10-15-20-21-18(27-15)22-9-13(7-16(22)23)17(24)19-8-11-2-3-14-12(6-11)4-5-26-14;2-1-3/h2-6,13H,7-10H2,1H3,(H,19,24);1H,(H,2,3). The van der Waals surface area contributed by atoms with Crippen LogP contribution >= 0.6 is 22.7 Å². The quantitative estimate of drug-likeness (QED) is 0.555. The molecule has 2 aromatic heterocycles. The number of fused-ring (bicyclic) bond motifs is 1. The van der Waals surface area contributed by atoms with Crippen molar-refractivity contribution in [1.29, 1.82) is 0 Å². The third-order valence-electron chi connectivity index (χ3n) is 4.43. The van der Waals surface area contributed by atoms with Gasteiger partial charge in [-0.1, -0.05) is 17.4 Å². The monoisotopic (exact) mass is 448 g/mol. The van der Waals surface area contributed by atoms with E-state index in [4.69, 9.17) is 14.6 Å². The molecule has 1 unspecified atom stereocenters. The summed E-state index contributed by atoms with van der Waals surface area (Å²) in [5.74, 6) is -0.593. The summed E-state index contributed by atoms with van der Waals surface area (Å²) >= 11 is 3.01. The van der Waals surface area contributed by atoms with Gasteiger partial charge < -0.3 is 15.2 Å². The normalized spacial score (nSPS) is 15.7. The SMILES string of the molecule is COCc1nnc(N2CC(C(=O)NCc3ccc4sccc4c3)CC2=O)s1.O=CO. The predicted octanol–water partition coefficient (Wildman–Crippen LogP) is 2.27. The van der Waals surface area contributed by atoms with Crippen LogP contribution in [0.1, 0.15) is 17.0 Å². The van der Waals surface area contributed by atoms with Crippen molar-refractivity contribution in [3.63, 3.8) is 0 Å². The third-order valence-corrected chi connectivity index (χ3v) is 6.25. The number of aromatic nitrogens is 2. The van der Waals surface area contributed by atoms with Gasteiger partial charge in [-0.3, -0.25) is 19.3 Å². The lowest BCUT2D eigenvalue weighted by molar-refractivity contribution is -0.126. The molecule has 3 heterocycles. The number of hydrogen-bond acceptors (Lipinski definition) is 8. The van der Waals surface area contributed by atoms with E-state index < -0.39 is 0 Å². The Balaban J connectivity index is 0.000000806. The Morgan fingerprint density at radius 2 is 2.20 bits per heavy atom. The average molecular weight is 449 g/mol. The molecule has 1 saturated heterocycles. The second-order valence-corrected chi connectivity index (χ2v) is 8.42. The lowest BCUT2D eigenvalue weighted by atomic mass is 10.1. The molecule has 3 aromatic rings. The molecule has 1 atom stereocenters. The minimum atomic E-state index is -0.378. The van der Waals surface area contributed by atoms with Crippen molar-refractivity contribution < 1.29 is 24.2 Å². The van der Waals surface area contributed by atoms with Gasteiger partial charge in [0.1, 0.15) is 11.6 Å². The van der Waals surface area contributed by atoms with E-state index in [-0.39, 0.29) is 30.6 Å². The van der Waals surface area contributed by atoms with Gasteiger partial charge in [-0.2, -0.15) is 0 Å². The number of carbonyl (C=O) groups excluding carboxylic acids is 2. The molecule has 1 aliphatic rings. The summed E-state index contributed by atoms with van der Waals surface area (Å²) in [6, 6.07) is 8.23. The van der Waals surface area contributed by atoms with Crippen LogP contribution in [-0.4, -0.2) is 47.2 Å². The Morgan fingerprint density at radius 1 is 1.40 bits per heavy atom. The number of ether oxygens (including phenoxy) is 1. The molecule has 0 saturated carbocycles. The highest BCUT2D eigenvalue weighted by atomic mass is 32.1. The zero-order chi connectivity index (χ0) is 21.5. The summed E-state index contributed by atoms with van der Waals surface area (Å²) in [5.41, 5.74) is 1.05. The van der Waals surface area contributed by atoms with Gasteiger partial charge in [0.2, 0.25) is 16.9 Å². The van der Waals surface area contributed by atoms with Crippen LogP contribution in [-0.2, 0) is 32.3 Å². The average Bonchev–Trinajstić information content (AvgIpc) is 3.46. The second-order valence-electron chi connectivity index (χ2n) is 6.43. The predicted molar refractivity (Wildman–Crippen MR) is 113 cm³/mol. The van der Waals surface area contributed by atoms with Crippen molar-refractivity contribution in [1.82, 2.24) is 15.5 Å². The molecule has 1 aromatic carbocycles. The fourth-order valence-corrected chi connectivity index (χ4v) is 4.67. The Labute approximate surface area is 180 Å². The van der Waals surface area contributed by atoms with Crippen LogP contribution in [0.25, 0.3) is 10.1 Å². The first-order chi connectivity index (χ1) is 14.5. The number of amides is 2. The first-order valence-electron chi connectivity index (χ1n) is 8.99. The summed E-state index contributed by atoms with van der Waals surface area (Å²) < 4.78 is 6.26. The molecule has 0 radical (unpaired) electrons. The second kappa shape index (κ2) is 10.2. The smallest absolute Gasteiger partial charge is 0.290 e. The molecule has 2 N–H and O–H groups in total. The van der Waals surface area contributed by atoms with Gasteiger partial charge in [-0.25, -0.2) is 0 Å². The van der Waals surface area contributed by atoms with E-state index in [1.807, 2.05) is 6.07 Å². The highest BCUT2D eigenvalue weighted by Gasteiger charge is 2.36. The Bertz CT molecular complexity index is 1030. The van der Waals surface area contributed by atoms with Crippen molar-refractivity contribution in [2.75, 3.05) is 18.6 Å². The van der Waals surface area contributed by atoms with Crippen molar-refractivity contribution in [2.24, 2.45) is 5.92 Å². The Morgan fingerprint density at radius 3 is 2.97 bits per heavy atom. The molecule has 9 nitrogen and oxygen atoms in total. The number of thiophene rings is 1. The van der Waals surface area contributed by atoms with Crippen LogP contribution in [0.2, 0.25) is 0 Å². The summed E-state index contributed by atoms with van der Waals surface area (Å²) in [5, 5.41) is 22.3. The molecule has 1 aliphatic heterocycles. The van der Waals surface area contributed by atoms with Crippen molar-refractivity contribution in [3.05, 3.63) is 40.2 Å². The maximum Gasteiger partial charge on any atom is 0.290 e. The van der Waals surface area contributed by atoms with Gasteiger partial charge in [0, 0.05) is 31.3 Å². The number of nitrogens with one attached hydrogen (secondary N) is 1. The fraction of sp³-hybridized carbons (Fsp3) is 0.316. The lowest BCUT2D eigenvalue weighted by Crippen LogP contribution is -2.32. The maximum atomic E-state index is 12.5. The van der Waals surface area contributed by atoms with Gasteiger partial charge in [0.15, 0.2) is 0 Å². The zero-order valence-electron chi connectivity index (χ0n) is 16.1. The van der Waals surface area contributed by atoms with Crippen LogP contribution in [0.5, 0.6) is 0 Å². The van der Waals surface area contributed by atoms with Gasteiger partial charge in [-0.05, 0) is 34.5 Å². The van der Waals surface area contributed by atoms with Crippen LogP contribution in [0.4, 0.5) is 5.13 Å². The van der Waals surface area contributed by atoms with Crippen LogP contribution in [0, 0.1) is 5.92 Å². The minimum Gasteiger partial charge on any atom is -0.483 e. The number of anilines is 1. The summed E-state index contributed by atoms with van der Waals surface area (Å²) in [7, 11) is 1.58. The van der Waals surface area contributed by atoms with Crippen molar-refractivity contribution in [2.45, 2.75) is 19.6 Å². The number of hydrogen-bond donors (Lipinski definition) is 2. The number of carbonyl (C=O) groups is 3. The van der Waals surface area contributed by atoms with Gasteiger partial charge in [-0.15, -0.1) is 21.5 Å². The Hall–Kier alpha value is -2.89. The molecule has 2 amide bonds. The number of carboxylic acid groups (broad SMARTS) is 1. The maximum absolute atomic E-state index is 12.5. The molecule has 0 spiro atoms. The molecule has 0 bridgehead atoms. The topological polar surface area (TPSA) is 122 Å². The van der Waals surface area contributed by atoms with Gasteiger partial charge in [0.25, 0.3) is 6.47 Å². The van der Waals surface area contributed by atoms with Gasteiger partial charge in [0.05, 0.1) is 5.92 Å². The fourth-order valence-electron chi connectivity index (χ4n) is 3.06. The van der Waals surface area contributed by atoms with E-state index >= 15 is 0 Å². The largest absolute Gasteiger partial charge is 0.483 e. The van der Waals surface area contributed by atoms with E-state index in [2.05, 4.69) is 39.1 Å². The van der Waals surface area contributed by atoms with Crippen LogP contribution in [0.15, 0.2) is 29.6 Å². The van der Waals surface area contributed by atoms with Crippen molar-refractivity contribution in [3.8, 4) is 0 Å². The molecule has 4 rings (SSSR count). The number of nitrogens with zero attached hydrogens (tertiary/aromatic N) is 3. The molecule has 1 fully saturated rings. The minimum absolute atomic E-state index is 0.102. The van der Waals surface area contributed by atoms with E-state index in [0.717, 1.165) is 5.56 Å². The number of rotatable bonds is 6. The van der Waals surface area contributed by atoms with Crippen LogP contribution in [0.3, 0.4) is 0 Å². The summed E-state index contributed by atoms with van der Waals surface area (Å²) in [6.07, 6.45) is 0.189. The van der Waals surface area contributed by atoms with E-state index in [1.54, 1.807) is 23.3 Å². The molecule has 0 aliphatic carbocycles. The van der Waals surface area contributed by atoms with E-state index in [0.29, 0.717) is 29.8 Å². The molecular formula is C19H20N4O5S2. The molecule has 158 valence electrons.